The summed E-state index contributed by atoms with van der Waals surface area (Å²) in [6.45, 7) is 8.49. The van der Waals surface area contributed by atoms with E-state index in [0.717, 1.165) is 19.5 Å². The van der Waals surface area contributed by atoms with Crippen molar-refractivity contribution in [3.8, 4) is 0 Å². The normalized spacial score (nSPS) is 30.9. The summed E-state index contributed by atoms with van der Waals surface area (Å²) in [5, 5.41) is 8.92. The zero-order valence-electron chi connectivity index (χ0n) is 9.57. The molecule has 0 bridgehead atoms. The van der Waals surface area contributed by atoms with E-state index in [4.69, 9.17) is 9.84 Å². The lowest BCUT2D eigenvalue weighted by molar-refractivity contribution is -0.0131. The average Bonchev–Trinajstić information content (AvgIpc) is 2.47. The molecule has 1 aliphatic rings. The number of hydrogen-bond donors (Lipinski definition) is 1. The molecule has 0 amide bonds. The number of hydrogen-bond acceptors (Lipinski definition) is 3. The molecule has 0 saturated carbocycles. The number of aliphatic hydroxyl groups excluding tert-OH is 1. The molecule has 1 heterocycles. The van der Waals surface area contributed by atoms with E-state index in [0.29, 0.717) is 12.0 Å². The largest absolute Gasteiger partial charge is 0.395 e. The van der Waals surface area contributed by atoms with Crippen LogP contribution in [-0.2, 0) is 4.74 Å². The smallest absolute Gasteiger partial charge is 0.111 e. The van der Waals surface area contributed by atoms with Crippen LogP contribution in [-0.4, -0.2) is 42.0 Å². The lowest BCUT2D eigenvalue weighted by Gasteiger charge is -2.24. The van der Waals surface area contributed by atoms with Gasteiger partial charge in [0.05, 0.1) is 12.7 Å². The first-order chi connectivity index (χ1) is 6.67. The molecule has 3 atom stereocenters. The van der Waals surface area contributed by atoms with E-state index < -0.39 is 0 Å². The zero-order valence-corrected chi connectivity index (χ0v) is 9.57. The quantitative estimate of drug-likeness (QED) is 0.731. The fourth-order valence-corrected chi connectivity index (χ4v) is 1.92. The first-order valence-corrected chi connectivity index (χ1v) is 5.67. The van der Waals surface area contributed by atoms with E-state index >= 15 is 0 Å². The minimum atomic E-state index is 0.229. The van der Waals surface area contributed by atoms with Crippen molar-refractivity contribution in [2.24, 2.45) is 5.92 Å². The molecular formula is C11H23NO2. The molecule has 14 heavy (non-hydrogen) atoms. The summed E-state index contributed by atoms with van der Waals surface area (Å²) in [7, 11) is 0. The molecule has 0 radical (unpaired) electrons. The van der Waals surface area contributed by atoms with E-state index in [2.05, 4.69) is 25.7 Å². The number of β-amino-alcohol motifs (C(OH)–C–C–N with tert-alkyl or cyclic N) is 1. The van der Waals surface area contributed by atoms with Gasteiger partial charge in [-0.1, -0.05) is 20.3 Å². The zero-order chi connectivity index (χ0) is 10.6. The molecule has 1 aliphatic heterocycles. The molecule has 0 aromatic rings. The fourth-order valence-electron chi connectivity index (χ4n) is 1.92. The van der Waals surface area contributed by atoms with Crippen LogP contribution in [0.2, 0.25) is 0 Å². The van der Waals surface area contributed by atoms with E-state index in [1.165, 1.54) is 6.42 Å². The Balaban J connectivity index is 2.40. The molecular weight excluding hydrogens is 178 g/mol. The lowest BCUT2D eigenvalue weighted by atomic mass is 10.0. The Morgan fingerprint density at radius 3 is 2.86 bits per heavy atom. The van der Waals surface area contributed by atoms with Crippen LogP contribution in [0.5, 0.6) is 0 Å². The number of rotatable bonds is 5. The first kappa shape index (κ1) is 12.0. The summed E-state index contributed by atoms with van der Waals surface area (Å²) in [5.41, 5.74) is 0. The highest BCUT2D eigenvalue weighted by Gasteiger charge is 2.30. The minimum absolute atomic E-state index is 0.229. The van der Waals surface area contributed by atoms with Gasteiger partial charge in [0.1, 0.15) is 6.23 Å². The van der Waals surface area contributed by atoms with Crippen molar-refractivity contribution < 1.29 is 9.84 Å². The maximum atomic E-state index is 8.92. The van der Waals surface area contributed by atoms with Crippen LogP contribution in [0.4, 0.5) is 0 Å². The third-order valence-electron chi connectivity index (χ3n) is 2.98. The van der Waals surface area contributed by atoms with Gasteiger partial charge in [-0.15, -0.1) is 0 Å². The lowest BCUT2D eigenvalue weighted by Crippen LogP contribution is -2.34. The van der Waals surface area contributed by atoms with Crippen LogP contribution in [0.3, 0.4) is 0 Å². The monoisotopic (exact) mass is 201 g/mol. The Morgan fingerprint density at radius 1 is 1.57 bits per heavy atom. The summed E-state index contributed by atoms with van der Waals surface area (Å²) >= 11 is 0. The van der Waals surface area contributed by atoms with Gasteiger partial charge in [0.15, 0.2) is 0 Å². The van der Waals surface area contributed by atoms with Crippen molar-refractivity contribution in [2.45, 2.75) is 45.9 Å². The highest BCUT2D eigenvalue weighted by molar-refractivity contribution is 4.76. The minimum Gasteiger partial charge on any atom is -0.395 e. The SMILES string of the molecule is CCC(C)CC1OC(C)CN1CCO. The van der Waals surface area contributed by atoms with Crippen LogP contribution in [0.1, 0.15) is 33.6 Å². The Hall–Kier alpha value is -0.120. The van der Waals surface area contributed by atoms with Gasteiger partial charge in [0.25, 0.3) is 0 Å². The van der Waals surface area contributed by atoms with Crippen molar-refractivity contribution in [2.75, 3.05) is 19.7 Å². The van der Waals surface area contributed by atoms with E-state index in [1.807, 2.05) is 0 Å². The van der Waals surface area contributed by atoms with Crippen LogP contribution < -0.4 is 0 Å². The Bertz CT molecular complexity index is 163. The Kier molecular flexibility index (Phi) is 4.85. The molecule has 3 heteroatoms. The highest BCUT2D eigenvalue weighted by Crippen LogP contribution is 2.22. The average molecular weight is 201 g/mol. The van der Waals surface area contributed by atoms with E-state index in [9.17, 15) is 0 Å². The molecule has 1 N–H and O–H groups in total. The predicted molar refractivity (Wildman–Crippen MR) is 57.1 cm³/mol. The number of ether oxygens (including phenoxy) is 1. The third kappa shape index (κ3) is 3.23. The van der Waals surface area contributed by atoms with Crippen molar-refractivity contribution in [3.05, 3.63) is 0 Å². The predicted octanol–water partition coefficient (Wildman–Crippen LogP) is 1.46. The third-order valence-corrected chi connectivity index (χ3v) is 2.98. The summed E-state index contributed by atoms with van der Waals surface area (Å²) in [6.07, 6.45) is 2.82. The second-order valence-electron chi connectivity index (χ2n) is 4.37. The highest BCUT2D eigenvalue weighted by atomic mass is 16.5. The van der Waals surface area contributed by atoms with Crippen molar-refractivity contribution in [1.29, 1.82) is 0 Å². The maximum absolute atomic E-state index is 8.92. The van der Waals surface area contributed by atoms with E-state index in [-0.39, 0.29) is 12.8 Å². The summed E-state index contributed by atoms with van der Waals surface area (Å²) < 4.78 is 5.81. The van der Waals surface area contributed by atoms with Crippen molar-refractivity contribution in [1.82, 2.24) is 4.90 Å². The summed E-state index contributed by atoms with van der Waals surface area (Å²) in [4.78, 5) is 2.25. The van der Waals surface area contributed by atoms with Crippen molar-refractivity contribution in [3.63, 3.8) is 0 Å². The van der Waals surface area contributed by atoms with Crippen molar-refractivity contribution >= 4 is 0 Å². The standard InChI is InChI=1S/C11H23NO2/c1-4-9(2)7-11-12(5-6-13)8-10(3)14-11/h9-11,13H,4-8H2,1-3H3. The number of nitrogens with zero attached hydrogens (tertiary/aromatic N) is 1. The molecule has 1 rings (SSSR count). The van der Waals surface area contributed by atoms with E-state index in [1.54, 1.807) is 0 Å². The van der Waals surface area contributed by atoms with Gasteiger partial charge in [-0.05, 0) is 19.3 Å². The molecule has 84 valence electrons. The Morgan fingerprint density at radius 2 is 2.29 bits per heavy atom. The van der Waals surface area contributed by atoms with Gasteiger partial charge in [0, 0.05) is 13.1 Å². The van der Waals surface area contributed by atoms with Gasteiger partial charge in [-0.2, -0.15) is 0 Å². The summed E-state index contributed by atoms with van der Waals surface area (Å²) in [5.74, 6) is 0.700. The van der Waals surface area contributed by atoms with Crippen LogP contribution in [0.15, 0.2) is 0 Å². The molecule has 0 aromatic carbocycles. The topological polar surface area (TPSA) is 32.7 Å². The van der Waals surface area contributed by atoms with Crippen LogP contribution in [0.25, 0.3) is 0 Å². The number of aliphatic hydroxyl groups is 1. The van der Waals surface area contributed by atoms with Crippen LogP contribution in [0, 0.1) is 5.92 Å². The molecule has 0 spiro atoms. The second-order valence-corrected chi connectivity index (χ2v) is 4.37. The van der Waals surface area contributed by atoms with Gasteiger partial charge >= 0.3 is 0 Å². The molecule has 1 saturated heterocycles. The molecule has 3 unspecified atom stereocenters. The van der Waals surface area contributed by atoms with Gasteiger partial charge in [0.2, 0.25) is 0 Å². The summed E-state index contributed by atoms with van der Waals surface area (Å²) in [6, 6.07) is 0. The molecule has 0 aliphatic carbocycles. The van der Waals surface area contributed by atoms with Crippen LogP contribution >= 0.6 is 0 Å². The molecule has 0 aromatic heterocycles. The molecule has 3 nitrogen and oxygen atoms in total. The maximum Gasteiger partial charge on any atom is 0.111 e. The first-order valence-electron chi connectivity index (χ1n) is 5.67. The van der Waals surface area contributed by atoms with Gasteiger partial charge in [-0.25, -0.2) is 0 Å². The van der Waals surface area contributed by atoms with Gasteiger partial charge < -0.3 is 9.84 Å². The fraction of sp³-hybridized carbons (Fsp3) is 1.00. The molecule has 1 fully saturated rings. The van der Waals surface area contributed by atoms with Gasteiger partial charge in [-0.3, -0.25) is 4.90 Å². The Labute approximate surface area is 87.1 Å². The second kappa shape index (κ2) is 5.69.